The van der Waals surface area contributed by atoms with E-state index >= 15 is 0 Å². The fourth-order valence-electron chi connectivity index (χ4n) is 1.56. The van der Waals surface area contributed by atoms with Gasteiger partial charge in [0.15, 0.2) is 5.78 Å². The summed E-state index contributed by atoms with van der Waals surface area (Å²) < 4.78 is 10.3. The number of nitrogens with zero attached hydrogens (tertiary/aromatic N) is 1. The molecule has 23 heavy (non-hydrogen) atoms. The van der Waals surface area contributed by atoms with Crippen LogP contribution in [0.15, 0.2) is 37.5 Å². The highest BCUT2D eigenvalue weighted by molar-refractivity contribution is 5.89. The first-order valence-corrected chi connectivity index (χ1v) is 7.39. The number of allylic oxidation sites excluding steroid dienone is 1. The summed E-state index contributed by atoms with van der Waals surface area (Å²) in [6.07, 6.45) is 3.49. The van der Waals surface area contributed by atoms with Crippen LogP contribution in [0.5, 0.6) is 0 Å². The van der Waals surface area contributed by atoms with Crippen LogP contribution in [0.3, 0.4) is 0 Å². The lowest BCUT2D eigenvalue weighted by Crippen LogP contribution is -2.36. The lowest BCUT2D eigenvalue weighted by Gasteiger charge is -2.21. The van der Waals surface area contributed by atoms with Crippen LogP contribution in [0.25, 0.3) is 0 Å². The van der Waals surface area contributed by atoms with Gasteiger partial charge in [0.1, 0.15) is 6.61 Å². The van der Waals surface area contributed by atoms with Crippen molar-refractivity contribution in [3.63, 3.8) is 0 Å². The second kappa shape index (κ2) is 12.3. The van der Waals surface area contributed by atoms with Crippen molar-refractivity contribution in [1.82, 2.24) is 4.90 Å². The molecule has 0 bridgehead atoms. The Kier molecular flexibility index (Phi) is 11.2. The standard InChI is InChI=1S/C17H25NO5/c1-5-15(19)8-7-11-22-12-9-18(16(20)6-2)10-13-23-17(21)14(3)4/h5-6H,1-3,7-13H2,4H3. The molecule has 0 saturated carbocycles. The summed E-state index contributed by atoms with van der Waals surface area (Å²) in [5.74, 6) is -0.766. The third-order valence-corrected chi connectivity index (χ3v) is 2.87. The number of carbonyl (C=O) groups excluding carboxylic acids is 3. The molecule has 0 heterocycles. The summed E-state index contributed by atoms with van der Waals surface area (Å²) in [6.45, 7) is 13.3. The average Bonchev–Trinajstić information content (AvgIpc) is 2.54. The number of hydrogen-bond acceptors (Lipinski definition) is 5. The molecule has 0 aliphatic carbocycles. The van der Waals surface area contributed by atoms with E-state index in [0.29, 0.717) is 38.2 Å². The van der Waals surface area contributed by atoms with E-state index in [4.69, 9.17) is 9.47 Å². The molecule has 6 nitrogen and oxygen atoms in total. The summed E-state index contributed by atoms with van der Waals surface area (Å²) >= 11 is 0. The largest absolute Gasteiger partial charge is 0.460 e. The summed E-state index contributed by atoms with van der Waals surface area (Å²) in [6, 6.07) is 0. The third-order valence-electron chi connectivity index (χ3n) is 2.87. The number of esters is 1. The highest BCUT2D eigenvalue weighted by Crippen LogP contribution is 1.97. The van der Waals surface area contributed by atoms with E-state index in [1.807, 2.05) is 0 Å². The molecule has 0 atom stereocenters. The Bertz CT molecular complexity index is 456. The van der Waals surface area contributed by atoms with Gasteiger partial charge in [0.2, 0.25) is 5.91 Å². The Morgan fingerprint density at radius 3 is 2.26 bits per heavy atom. The quantitative estimate of drug-likeness (QED) is 0.293. The lowest BCUT2D eigenvalue weighted by atomic mass is 10.2. The molecule has 0 saturated heterocycles. The Morgan fingerprint density at radius 1 is 1.04 bits per heavy atom. The van der Waals surface area contributed by atoms with Crippen LogP contribution in [0, 0.1) is 0 Å². The second-order valence-corrected chi connectivity index (χ2v) is 4.83. The molecule has 6 heteroatoms. The zero-order chi connectivity index (χ0) is 17.7. The average molecular weight is 323 g/mol. The van der Waals surface area contributed by atoms with Crippen LogP contribution in [0.4, 0.5) is 0 Å². The fourth-order valence-corrected chi connectivity index (χ4v) is 1.56. The highest BCUT2D eigenvalue weighted by Gasteiger charge is 2.11. The monoisotopic (exact) mass is 323 g/mol. The van der Waals surface area contributed by atoms with Gasteiger partial charge in [-0.1, -0.05) is 19.7 Å². The van der Waals surface area contributed by atoms with E-state index in [1.165, 1.54) is 17.1 Å². The molecule has 0 fully saturated rings. The van der Waals surface area contributed by atoms with Crippen molar-refractivity contribution in [3.8, 4) is 0 Å². The minimum Gasteiger partial charge on any atom is -0.460 e. The minimum atomic E-state index is -0.487. The molecule has 0 aliphatic rings. The number of ketones is 1. The van der Waals surface area contributed by atoms with Crippen LogP contribution >= 0.6 is 0 Å². The SMILES string of the molecule is C=CC(=O)CCCOCCN(CCOC(=O)C(=C)C)C(=O)C=C. The van der Waals surface area contributed by atoms with Gasteiger partial charge < -0.3 is 14.4 Å². The van der Waals surface area contributed by atoms with Gasteiger partial charge in [0.05, 0.1) is 13.2 Å². The maximum atomic E-state index is 11.7. The van der Waals surface area contributed by atoms with Gasteiger partial charge in [-0.2, -0.15) is 0 Å². The van der Waals surface area contributed by atoms with E-state index in [1.54, 1.807) is 6.92 Å². The van der Waals surface area contributed by atoms with Crippen LogP contribution in [0.2, 0.25) is 0 Å². The Labute approximate surface area is 137 Å². The van der Waals surface area contributed by atoms with E-state index in [-0.39, 0.29) is 24.8 Å². The Morgan fingerprint density at radius 2 is 1.70 bits per heavy atom. The van der Waals surface area contributed by atoms with Gasteiger partial charge in [-0.3, -0.25) is 9.59 Å². The van der Waals surface area contributed by atoms with E-state index in [9.17, 15) is 14.4 Å². The van der Waals surface area contributed by atoms with Crippen molar-refractivity contribution in [2.24, 2.45) is 0 Å². The molecule has 0 aromatic heterocycles. The van der Waals surface area contributed by atoms with Crippen LogP contribution < -0.4 is 0 Å². The Hall–Kier alpha value is -2.21. The third kappa shape index (κ3) is 10.2. The first-order valence-electron chi connectivity index (χ1n) is 7.39. The fraction of sp³-hybridized carbons (Fsp3) is 0.471. The van der Waals surface area contributed by atoms with Gasteiger partial charge in [-0.05, 0) is 25.5 Å². The molecule has 0 N–H and O–H groups in total. The van der Waals surface area contributed by atoms with Crippen LogP contribution in [-0.4, -0.2) is 55.5 Å². The van der Waals surface area contributed by atoms with Gasteiger partial charge in [0, 0.05) is 25.1 Å². The molecule has 0 aromatic rings. The molecule has 128 valence electrons. The van der Waals surface area contributed by atoms with Crippen molar-refractivity contribution >= 4 is 17.7 Å². The van der Waals surface area contributed by atoms with Crippen molar-refractivity contribution in [2.75, 3.05) is 32.9 Å². The van der Waals surface area contributed by atoms with Gasteiger partial charge in [-0.25, -0.2) is 4.79 Å². The second-order valence-electron chi connectivity index (χ2n) is 4.83. The number of hydrogen-bond donors (Lipinski definition) is 0. The summed E-state index contributed by atoms with van der Waals surface area (Å²) in [5, 5.41) is 0. The summed E-state index contributed by atoms with van der Waals surface area (Å²) in [5.41, 5.74) is 0.309. The topological polar surface area (TPSA) is 72.9 Å². The number of rotatable bonds is 13. The lowest BCUT2D eigenvalue weighted by molar-refractivity contribution is -0.141. The van der Waals surface area contributed by atoms with Crippen LogP contribution in [0.1, 0.15) is 19.8 Å². The van der Waals surface area contributed by atoms with Gasteiger partial charge >= 0.3 is 5.97 Å². The first kappa shape index (κ1) is 20.8. The number of carbonyl (C=O) groups is 3. The predicted molar refractivity (Wildman–Crippen MR) is 87.8 cm³/mol. The molecule has 0 aromatic carbocycles. The molecule has 0 aliphatic heterocycles. The molecule has 0 rings (SSSR count). The number of amides is 1. The molecule has 1 amide bonds. The maximum absolute atomic E-state index is 11.7. The van der Waals surface area contributed by atoms with E-state index < -0.39 is 5.97 Å². The maximum Gasteiger partial charge on any atom is 0.333 e. The van der Waals surface area contributed by atoms with E-state index in [2.05, 4.69) is 19.7 Å². The molecular weight excluding hydrogens is 298 g/mol. The van der Waals surface area contributed by atoms with Crippen molar-refractivity contribution in [2.45, 2.75) is 19.8 Å². The summed E-state index contributed by atoms with van der Waals surface area (Å²) in [7, 11) is 0. The van der Waals surface area contributed by atoms with Crippen LogP contribution in [-0.2, 0) is 23.9 Å². The van der Waals surface area contributed by atoms with Crippen molar-refractivity contribution in [1.29, 1.82) is 0 Å². The van der Waals surface area contributed by atoms with Crippen molar-refractivity contribution < 1.29 is 23.9 Å². The molecule has 0 radical (unpaired) electrons. The summed E-state index contributed by atoms with van der Waals surface area (Å²) in [4.78, 5) is 35.5. The van der Waals surface area contributed by atoms with Crippen molar-refractivity contribution in [3.05, 3.63) is 37.5 Å². The first-order chi connectivity index (χ1) is 10.9. The molecule has 0 unspecified atom stereocenters. The number of ether oxygens (including phenoxy) is 2. The minimum absolute atomic E-state index is 0.0172. The normalized spacial score (nSPS) is 9.78. The van der Waals surface area contributed by atoms with Gasteiger partial charge in [0.25, 0.3) is 0 Å². The Balaban J connectivity index is 4.02. The zero-order valence-corrected chi connectivity index (χ0v) is 13.7. The predicted octanol–water partition coefficient (Wildman–Crippen LogP) is 1.67. The smallest absolute Gasteiger partial charge is 0.333 e. The van der Waals surface area contributed by atoms with Gasteiger partial charge in [-0.15, -0.1) is 0 Å². The molecule has 0 spiro atoms. The molecular formula is C17H25NO5. The van der Waals surface area contributed by atoms with E-state index in [0.717, 1.165) is 0 Å². The highest BCUT2D eigenvalue weighted by atomic mass is 16.5. The zero-order valence-electron chi connectivity index (χ0n) is 13.7.